The van der Waals surface area contributed by atoms with Crippen molar-refractivity contribution in [3.63, 3.8) is 0 Å². The van der Waals surface area contributed by atoms with E-state index in [0.29, 0.717) is 0 Å². The molecule has 9 heteroatoms. The van der Waals surface area contributed by atoms with Gasteiger partial charge in [-0.1, -0.05) is 12.1 Å². The van der Waals surface area contributed by atoms with Gasteiger partial charge in [0.1, 0.15) is 10.6 Å². The van der Waals surface area contributed by atoms with Crippen LogP contribution in [-0.4, -0.2) is 43.9 Å². The van der Waals surface area contributed by atoms with Crippen LogP contribution in [0, 0.1) is 0 Å². The molecule has 0 saturated heterocycles. The number of nitrogens with zero attached hydrogens (tertiary/aromatic N) is 1. The van der Waals surface area contributed by atoms with Crippen LogP contribution >= 0.6 is 0 Å². The highest BCUT2D eigenvalue weighted by Gasteiger charge is 2.35. The Balaban J connectivity index is 3.19. The number of alkyl halides is 3. The Morgan fingerprint density at radius 1 is 1.35 bits per heavy atom. The van der Waals surface area contributed by atoms with E-state index < -0.39 is 33.1 Å². The summed E-state index contributed by atoms with van der Waals surface area (Å²) in [7, 11) is -3.03. The number of aliphatic hydroxyl groups is 1. The Morgan fingerprint density at radius 3 is 2.40 bits per heavy atom. The average Bonchev–Trinajstić information content (AvgIpc) is 2.26. The van der Waals surface area contributed by atoms with Gasteiger partial charge in [-0.3, -0.25) is 0 Å². The minimum absolute atomic E-state index is 0.247. The number of benzene rings is 1. The molecule has 114 valence electrons. The highest BCUT2D eigenvalue weighted by molar-refractivity contribution is 7.89. The predicted molar refractivity (Wildman–Crippen MR) is 64.6 cm³/mol. The van der Waals surface area contributed by atoms with Crippen molar-refractivity contribution in [3.8, 4) is 5.75 Å². The summed E-state index contributed by atoms with van der Waals surface area (Å²) in [5, 5.41) is 9.17. The highest BCUT2D eigenvalue weighted by Crippen LogP contribution is 2.30. The summed E-state index contributed by atoms with van der Waals surface area (Å²) in [6.45, 7) is 1.12. The predicted octanol–water partition coefficient (Wildman–Crippen LogP) is 1.59. The normalized spacial score (nSPS) is 14.3. The molecule has 0 aliphatic carbocycles. The van der Waals surface area contributed by atoms with Crippen molar-refractivity contribution >= 4 is 10.0 Å². The fourth-order valence-electron chi connectivity index (χ4n) is 1.51. The first-order valence-electron chi connectivity index (χ1n) is 5.53. The van der Waals surface area contributed by atoms with E-state index in [1.165, 1.54) is 19.1 Å². The summed E-state index contributed by atoms with van der Waals surface area (Å²) < 4.78 is 65.5. The number of para-hydroxylation sites is 1. The monoisotopic (exact) mass is 313 g/mol. The summed E-state index contributed by atoms with van der Waals surface area (Å²) in [5.74, 6) is -0.808. The van der Waals surface area contributed by atoms with Crippen molar-refractivity contribution in [2.75, 3.05) is 13.6 Å². The molecule has 0 aliphatic heterocycles. The zero-order valence-electron chi connectivity index (χ0n) is 10.8. The number of rotatable bonds is 5. The second-order valence-corrected chi connectivity index (χ2v) is 6.14. The van der Waals surface area contributed by atoms with E-state index in [9.17, 15) is 26.7 Å². The summed E-state index contributed by atoms with van der Waals surface area (Å²) in [4.78, 5) is -0.611. The quantitative estimate of drug-likeness (QED) is 0.896. The van der Waals surface area contributed by atoms with E-state index in [0.717, 1.165) is 23.5 Å². The molecule has 0 amide bonds. The van der Waals surface area contributed by atoms with Gasteiger partial charge in [-0.2, -0.15) is 4.31 Å². The van der Waals surface area contributed by atoms with Crippen molar-refractivity contribution in [1.82, 2.24) is 4.31 Å². The van der Waals surface area contributed by atoms with Crippen molar-refractivity contribution in [3.05, 3.63) is 24.3 Å². The van der Waals surface area contributed by atoms with E-state index in [1.807, 2.05) is 0 Å². The van der Waals surface area contributed by atoms with Crippen molar-refractivity contribution in [2.24, 2.45) is 0 Å². The van der Waals surface area contributed by atoms with E-state index in [1.54, 1.807) is 0 Å². The third-order valence-electron chi connectivity index (χ3n) is 2.28. The number of hydrogen-bond donors (Lipinski definition) is 1. The van der Waals surface area contributed by atoms with Crippen LogP contribution in [-0.2, 0) is 10.0 Å². The Labute approximate surface area is 114 Å². The van der Waals surface area contributed by atoms with Crippen LogP contribution in [0.2, 0.25) is 0 Å². The zero-order valence-corrected chi connectivity index (χ0v) is 11.6. The third-order valence-corrected chi connectivity index (χ3v) is 4.15. The topological polar surface area (TPSA) is 66.8 Å². The minimum atomic E-state index is -4.99. The third kappa shape index (κ3) is 4.36. The Morgan fingerprint density at radius 2 is 1.90 bits per heavy atom. The zero-order chi connectivity index (χ0) is 15.6. The first-order chi connectivity index (χ1) is 9.04. The smallest absolute Gasteiger partial charge is 0.404 e. The van der Waals surface area contributed by atoms with Gasteiger partial charge >= 0.3 is 6.36 Å². The lowest BCUT2D eigenvalue weighted by Crippen LogP contribution is -2.33. The first-order valence-corrected chi connectivity index (χ1v) is 6.97. The molecule has 0 aromatic heterocycles. The maximum Gasteiger partial charge on any atom is 0.573 e. The molecular weight excluding hydrogens is 299 g/mol. The summed E-state index contributed by atoms with van der Waals surface area (Å²) in [5.41, 5.74) is 0. The summed E-state index contributed by atoms with van der Waals surface area (Å²) in [6.07, 6.45) is -5.94. The molecule has 1 aromatic rings. The van der Waals surface area contributed by atoms with Gasteiger partial charge in [0.25, 0.3) is 0 Å². The number of hydrogen-bond acceptors (Lipinski definition) is 4. The van der Waals surface area contributed by atoms with Gasteiger partial charge in [-0.25, -0.2) is 8.42 Å². The molecule has 1 atom stereocenters. The van der Waals surface area contributed by atoms with Gasteiger partial charge in [0.05, 0.1) is 6.10 Å². The molecular formula is C11H14F3NO4S. The van der Waals surface area contributed by atoms with Crippen molar-refractivity contribution in [2.45, 2.75) is 24.3 Å². The van der Waals surface area contributed by atoms with E-state index in [-0.39, 0.29) is 6.54 Å². The second-order valence-electron chi connectivity index (χ2n) is 4.13. The Bertz CT molecular complexity index is 557. The molecule has 1 N–H and O–H groups in total. The largest absolute Gasteiger partial charge is 0.573 e. The average molecular weight is 313 g/mol. The number of likely N-dealkylation sites (N-methyl/N-ethyl adjacent to an activating group) is 1. The molecule has 0 fully saturated rings. The van der Waals surface area contributed by atoms with Crippen LogP contribution < -0.4 is 4.74 Å². The first kappa shape index (κ1) is 16.7. The van der Waals surface area contributed by atoms with Gasteiger partial charge < -0.3 is 9.84 Å². The lowest BCUT2D eigenvalue weighted by molar-refractivity contribution is -0.275. The van der Waals surface area contributed by atoms with Gasteiger partial charge in [-0.05, 0) is 19.1 Å². The lowest BCUT2D eigenvalue weighted by Gasteiger charge is -2.20. The van der Waals surface area contributed by atoms with Gasteiger partial charge in [-0.15, -0.1) is 13.2 Å². The fourth-order valence-corrected chi connectivity index (χ4v) is 2.87. The van der Waals surface area contributed by atoms with E-state index >= 15 is 0 Å². The lowest BCUT2D eigenvalue weighted by atomic mass is 10.3. The highest BCUT2D eigenvalue weighted by atomic mass is 32.2. The molecule has 1 aromatic carbocycles. The maximum atomic E-state index is 12.3. The molecule has 0 spiro atoms. The van der Waals surface area contributed by atoms with Gasteiger partial charge in [0.2, 0.25) is 10.0 Å². The Kier molecular flexibility index (Phi) is 5.00. The maximum absolute atomic E-state index is 12.3. The van der Waals surface area contributed by atoms with Crippen LogP contribution in [0.1, 0.15) is 6.92 Å². The fraction of sp³-hybridized carbons (Fsp3) is 0.455. The molecule has 0 saturated carbocycles. The number of ether oxygens (including phenoxy) is 1. The molecule has 5 nitrogen and oxygen atoms in total. The van der Waals surface area contributed by atoms with Crippen LogP contribution in [0.4, 0.5) is 13.2 Å². The van der Waals surface area contributed by atoms with Gasteiger partial charge in [0.15, 0.2) is 0 Å². The molecule has 1 rings (SSSR count). The molecule has 0 heterocycles. The standard InChI is InChI=1S/C11H14F3NO4S/c1-8(16)7-15(2)20(17,18)10-6-4-3-5-9(10)19-11(12,13)14/h3-6,8,16H,7H2,1-2H3. The van der Waals surface area contributed by atoms with Gasteiger partial charge in [0, 0.05) is 13.6 Å². The van der Waals surface area contributed by atoms with Crippen molar-refractivity contribution in [1.29, 1.82) is 0 Å². The summed E-state index contributed by atoms with van der Waals surface area (Å²) in [6, 6.07) is 4.44. The van der Waals surface area contributed by atoms with Crippen molar-refractivity contribution < 1.29 is 31.4 Å². The summed E-state index contributed by atoms with van der Waals surface area (Å²) >= 11 is 0. The minimum Gasteiger partial charge on any atom is -0.404 e. The SMILES string of the molecule is CC(O)CN(C)S(=O)(=O)c1ccccc1OC(F)(F)F. The van der Waals surface area contributed by atoms with Crippen LogP contribution in [0.15, 0.2) is 29.2 Å². The molecule has 1 unspecified atom stereocenters. The number of aliphatic hydroxyl groups excluding tert-OH is 1. The second kappa shape index (κ2) is 5.98. The molecule has 0 aliphatic rings. The molecule has 20 heavy (non-hydrogen) atoms. The molecule has 0 radical (unpaired) electrons. The van der Waals surface area contributed by atoms with Crippen LogP contribution in [0.3, 0.4) is 0 Å². The van der Waals surface area contributed by atoms with Crippen LogP contribution in [0.5, 0.6) is 5.75 Å². The number of halogens is 3. The van der Waals surface area contributed by atoms with E-state index in [2.05, 4.69) is 4.74 Å². The molecule has 0 bridgehead atoms. The number of sulfonamides is 1. The van der Waals surface area contributed by atoms with E-state index in [4.69, 9.17) is 0 Å². The Hall–Kier alpha value is -1.32. The van der Waals surface area contributed by atoms with Crippen LogP contribution in [0.25, 0.3) is 0 Å².